The summed E-state index contributed by atoms with van der Waals surface area (Å²) in [5.74, 6) is 1.92. The number of fused-ring (bicyclic) bond motifs is 3. The van der Waals surface area contributed by atoms with Crippen molar-refractivity contribution in [2.45, 2.75) is 9.79 Å². The Morgan fingerprint density at radius 2 is 1.00 bits per heavy atom. The quantitative estimate of drug-likeness (QED) is 0.187. The van der Waals surface area contributed by atoms with Gasteiger partial charge in [-0.05, 0) is 60.7 Å². The van der Waals surface area contributed by atoms with Crippen LogP contribution in [0.1, 0.15) is 31.8 Å². The molecule has 6 aromatic carbocycles. The molecular weight excluding hydrogens is 556 g/mol. The summed E-state index contributed by atoms with van der Waals surface area (Å²) in [5, 5.41) is 1.31. The Kier molecular flexibility index (Phi) is 6.89. The van der Waals surface area contributed by atoms with Crippen molar-refractivity contribution in [1.29, 1.82) is 0 Å². The van der Waals surface area contributed by atoms with E-state index in [1.807, 2.05) is 103 Å². The predicted octanol–water partition coefficient (Wildman–Crippen LogP) is 9.36. The van der Waals surface area contributed by atoms with Gasteiger partial charge in [0, 0.05) is 31.7 Å². The second kappa shape index (κ2) is 11.2. The summed E-state index contributed by atoms with van der Waals surface area (Å²) >= 11 is 1.56. The summed E-state index contributed by atoms with van der Waals surface area (Å²) in [6, 6.07) is 39.1. The summed E-state index contributed by atoms with van der Waals surface area (Å²) < 4.78 is 18.4. The molecule has 0 heterocycles. The van der Waals surface area contributed by atoms with Gasteiger partial charge in [0.1, 0.15) is 28.7 Å². The van der Waals surface area contributed by atoms with Gasteiger partial charge in [-0.1, -0.05) is 78.5 Å². The van der Waals surface area contributed by atoms with Gasteiger partial charge in [0.25, 0.3) is 0 Å². The number of ether oxygens (including phenoxy) is 3. The van der Waals surface area contributed by atoms with Crippen molar-refractivity contribution in [3.63, 3.8) is 0 Å². The molecule has 0 fully saturated rings. The van der Waals surface area contributed by atoms with Crippen LogP contribution in [0.3, 0.4) is 0 Å². The molecular formula is C37H24O5S. The molecule has 6 aromatic rings. The molecule has 0 spiro atoms. The summed E-state index contributed by atoms with van der Waals surface area (Å²) in [7, 11) is 1.64. The van der Waals surface area contributed by atoms with Crippen LogP contribution in [0.5, 0.6) is 28.7 Å². The molecule has 0 N–H and O–H groups in total. The predicted molar refractivity (Wildman–Crippen MR) is 167 cm³/mol. The maximum Gasteiger partial charge on any atom is 0.198 e. The number of ketones is 2. The third-order valence-corrected chi connectivity index (χ3v) is 8.24. The number of methoxy groups -OCH3 is 1. The summed E-state index contributed by atoms with van der Waals surface area (Å²) in [6.07, 6.45) is 0. The Balaban J connectivity index is 1.51. The van der Waals surface area contributed by atoms with Crippen molar-refractivity contribution in [3.8, 4) is 28.7 Å². The molecule has 0 atom stereocenters. The van der Waals surface area contributed by atoms with Gasteiger partial charge in [-0.2, -0.15) is 0 Å². The first-order chi connectivity index (χ1) is 21.1. The summed E-state index contributed by atoms with van der Waals surface area (Å²) in [6.45, 7) is 0. The minimum atomic E-state index is -0.290. The molecule has 43 heavy (non-hydrogen) atoms. The van der Waals surface area contributed by atoms with Crippen LogP contribution in [0.2, 0.25) is 0 Å². The maximum atomic E-state index is 14.3. The molecule has 0 saturated heterocycles. The van der Waals surface area contributed by atoms with Crippen molar-refractivity contribution in [1.82, 2.24) is 0 Å². The van der Waals surface area contributed by atoms with Gasteiger partial charge in [-0.25, -0.2) is 0 Å². The Labute approximate surface area is 252 Å². The lowest BCUT2D eigenvalue weighted by Crippen LogP contribution is -2.22. The van der Waals surface area contributed by atoms with Gasteiger partial charge in [0.05, 0.1) is 18.2 Å². The van der Waals surface area contributed by atoms with E-state index < -0.39 is 0 Å². The van der Waals surface area contributed by atoms with Crippen molar-refractivity contribution in [2.75, 3.05) is 7.11 Å². The van der Waals surface area contributed by atoms with Crippen LogP contribution in [0.25, 0.3) is 10.8 Å². The molecule has 0 saturated carbocycles. The highest BCUT2D eigenvalue weighted by molar-refractivity contribution is 7.99. The zero-order chi connectivity index (χ0) is 29.3. The van der Waals surface area contributed by atoms with Gasteiger partial charge >= 0.3 is 0 Å². The summed E-state index contributed by atoms with van der Waals surface area (Å²) in [4.78, 5) is 30.3. The average Bonchev–Trinajstić information content (AvgIpc) is 3.05. The minimum absolute atomic E-state index is 0.189. The third kappa shape index (κ3) is 4.92. The number of hydrogen-bond donors (Lipinski definition) is 0. The number of benzene rings is 6. The Bertz CT molecular complexity index is 2020. The van der Waals surface area contributed by atoms with Gasteiger partial charge in [0.2, 0.25) is 0 Å². The highest BCUT2D eigenvalue weighted by Gasteiger charge is 2.37. The van der Waals surface area contributed by atoms with Gasteiger partial charge in [-0.3, -0.25) is 9.59 Å². The minimum Gasteiger partial charge on any atom is -0.497 e. The van der Waals surface area contributed by atoms with Gasteiger partial charge in [0.15, 0.2) is 11.6 Å². The van der Waals surface area contributed by atoms with E-state index in [9.17, 15) is 9.59 Å². The highest BCUT2D eigenvalue weighted by Crippen LogP contribution is 2.49. The molecule has 208 valence electrons. The maximum absolute atomic E-state index is 14.3. The van der Waals surface area contributed by atoms with E-state index in [1.165, 1.54) is 0 Å². The van der Waals surface area contributed by atoms with Crippen molar-refractivity contribution >= 4 is 34.1 Å². The average molecular weight is 581 g/mol. The van der Waals surface area contributed by atoms with Crippen molar-refractivity contribution in [2.24, 2.45) is 0 Å². The highest BCUT2D eigenvalue weighted by atomic mass is 32.2. The first kappa shape index (κ1) is 26.6. The van der Waals surface area contributed by atoms with E-state index in [0.717, 1.165) is 15.5 Å². The molecule has 0 bridgehead atoms. The third-order valence-electron chi connectivity index (χ3n) is 7.26. The van der Waals surface area contributed by atoms with Crippen molar-refractivity contribution in [3.05, 3.63) is 150 Å². The fourth-order valence-electron chi connectivity index (χ4n) is 5.28. The van der Waals surface area contributed by atoms with Crippen LogP contribution in [-0.4, -0.2) is 18.7 Å². The molecule has 6 heteroatoms. The van der Waals surface area contributed by atoms with E-state index in [1.54, 1.807) is 43.1 Å². The normalized spacial score (nSPS) is 12.0. The van der Waals surface area contributed by atoms with E-state index in [4.69, 9.17) is 14.2 Å². The van der Waals surface area contributed by atoms with Crippen LogP contribution in [-0.2, 0) is 0 Å². The number of para-hydroxylation sites is 2. The smallest absolute Gasteiger partial charge is 0.198 e. The number of hydrogen-bond acceptors (Lipinski definition) is 6. The Hall–Kier alpha value is -5.33. The molecule has 0 amide bonds. The zero-order valence-electron chi connectivity index (χ0n) is 23.1. The molecule has 1 aliphatic rings. The van der Waals surface area contributed by atoms with Crippen LogP contribution < -0.4 is 14.2 Å². The first-order valence-corrected chi connectivity index (χ1v) is 14.5. The second-order valence-electron chi connectivity index (χ2n) is 9.93. The first-order valence-electron chi connectivity index (χ1n) is 13.7. The molecule has 0 aliphatic heterocycles. The second-order valence-corrected chi connectivity index (χ2v) is 11.1. The van der Waals surface area contributed by atoms with E-state index in [2.05, 4.69) is 0 Å². The molecule has 1 aliphatic carbocycles. The molecule has 0 aromatic heterocycles. The van der Waals surface area contributed by atoms with Crippen LogP contribution in [0.15, 0.2) is 137 Å². The lowest BCUT2D eigenvalue weighted by Gasteiger charge is -2.25. The van der Waals surface area contributed by atoms with E-state index in [0.29, 0.717) is 44.9 Å². The molecule has 0 unspecified atom stereocenters. The number of carbonyl (C=O) groups excluding carboxylic acids is 2. The fraction of sp³-hybridized carbons (Fsp3) is 0.0270. The largest absolute Gasteiger partial charge is 0.497 e. The van der Waals surface area contributed by atoms with Crippen molar-refractivity contribution < 1.29 is 23.8 Å². The molecule has 0 radical (unpaired) electrons. The Morgan fingerprint density at radius 1 is 0.488 bits per heavy atom. The lowest BCUT2D eigenvalue weighted by atomic mass is 9.81. The molecule has 7 rings (SSSR count). The topological polar surface area (TPSA) is 61.8 Å². The van der Waals surface area contributed by atoms with Gasteiger partial charge < -0.3 is 14.2 Å². The Morgan fingerprint density at radius 3 is 1.58 bits per heavy atom. The number of carbonyl (C=O) groups is 2. The standard InChI is InChI=1S/C37H24O5S/c1-40-25-15-10-16-26(21-25)43-27-19-20-30-31(22-27)37(42-24-13-6-3-7-14-24)33-32(36(30)41-23-11-4-2-5-12-23)34(38)28-17-8-9-18-29(28)35(33)39/h2-22H,1H3. The molecule has 5 nitrogen and oxygen atoms in total. The van der Waals surface area contributed by atoms with Gasteiger partial charge in [-0.15, -0.1) is 0 Å². The van der Waals surface area contributed by atoms with Crippen LogP contribution >= 0.6 is 11.8 Å². The lowest BCUT2D eigenvalue weighted by molar-refractivity contribution is 0.0975. The fourth-order valence-corrected chi connectivity index (χ4v) is 6.18. The van der Waals surface area contributed by atoms with Crippen LogP contribution in [0.4, 0.5) is 0 Å². The zero-order valence-corrected chi connectivity index (χ0v) is 23.9. The number of rotatable bonds is 7. The van der Waals surface area contributed by atoms with E-state index >= 15 is 0 Å². The monoisotopic (exact) mass is 580 g/mol. The van der Waals surface area contributed by atoms with E-state index in [-0.39, 0.29) is 22.7 Å². The van der Waals surface area contributed by atoms with Crippen LogP contribution in [0, 0.1) is 0 Å². The SMILES string of the molecule is COc1cccc(Sc2ccc3c(Oc4ccccc4)c4c(c(Oc5ccccc5)c3c2)C(=O)c2ccccc2C4=O)c1. The summed E-state index contributed by atoms with van der Waals surface area (Å²) in [5.41, 5.74) is 1.06.